The minimum atomic E-state index is -3.63. The van der Waals surface area contributed by atoms with Crippen molar-refractivity contribution in [1.82, 2.24) is 19.4 Å². The Morgan fingerprint density at radius 1 is 1.13 bits per heavy atom. The van der Waals surface area contributed by atoms with Crippen LogP contribution in [0.5, 0.6) is 5.75 Å². The Balaban J connectivity index is 1.34. The molecule has 1 saturated heterocycles. The fraction of sp³-hybridized carbons (Fsp3) is 0.364. The van der Waals surface area contributed by atoms with Crippen LogP contribution in [0.15, 0.2) is 66.0 Å². The van der Waals surface area contributed by atoms with Crippen molar-refractivity contribution in [2.24, 2.45) is 5.92 Å². The number of carbonyl (C=O) groups is 2. The lowest BCUT2D eigenvalue weighted by Crippen LogP contribution is -2.33. The van der Waals surface area contributed by atoms with E-state index in [0.717, 1.165) is 23.4 Å². The highest BCUT2D eigenvalue weighted by atomic mass is 32.2. The first kappa shape index (κ1) is 33.5. The molecule has 1 aliphatic rings. The number of nitrogens with zero attached hydrogens (tertiary/aromatic N) is 3. The van der Waals surface area contributed by atoms with Gasteiger partial charge in [-0.15, -0.1) is 11.3 Å². The first-order valence-corrected chi connectivity index (χ1v) is 17.6. The van der Waals surface area contributed by atoms with Crippen LogP contribution in [0.2, 0.25) is 0 Å². The molecule has 0 bridgehead atoms. The molecule has 0 radical (unpaired) electrons. The van der Waals surface area contributed by atoms with E-state index in [2.05, 4.69) is 14.7 Å². The van der Waals surface area contributed by atoms with Gasteiger partial charge < -0.3 is 9.84 Å². The molecule has 2 unspecified atom stereocenters. The van der Waals surface area contributed by atoms with E-state index in [4.69, 9.17) is 4.74 Å². The van der Waals surface area contributed by atoms with E-state index in [9.17, 15) is 27.5 Å². The number of carboxylic acids is 1. The summed E-state index contributed by atoms with van der Waals surface area (Å²) in [7, 11) is -2.08. The number of thiophene rings is 1. The number of aromatic nitrogens is 2. The summed E-state index contributed by atoms with van der Waals surface area (Å²) in [4.78, 5) is 27.5. The molecular weight excluding hydrogens is 632 g/mol. The van der Waals surface area contributed by atoms with E-state index in [0.29, 0.717) is 34.8 Å². The lowest BCUT2D eigenvalue weighted by molar-refractivity contribution is -0.137. The van der Waals surface area contributed by atoms with Gasteiger partial charge in [-0.2, -0.15) is 9.78 Å². The Morgan fingerprint density at radius 2 is 1.87 bits per heavy atom. The number of benzene rings is 2. The van der Waals surface area contributed by atoms with Crippen molar-refractivity contribution < 1.29 is 32.2 Å². The minimum Gasteiger partial charge on any atom is -0.497 e. The quantitative estimate of drug-likeness (QED) is 0.181. The molecule has 46 heavy (non-hydrogen) atoms. The van der Waals surface area contributed by atoms with Crippen LogP contribution in [0, 0.1) is 11.7 Å². The number of likely N-dealkylation sites (tertiary alicyclic amines) is 1. The van der Waals surface area contributed by atoms with Crippen LogP contribution in [0.3, 0.4) is 0 Å². The van der Waals surface area contributed by atoms with Crippen molar-refractivity contribution in [3.05, 3.63) is 83.0 Å². The fourth-order valence-electron chi connectivity index (χ4n) is 5.85. The average Bonchev–Trinajstić information content (AvgIpc) is 3.80. The van der Waals surface area contributed by atoms with Crippen molar-refractivity contribution >= 4 is 33.2 Å². The number of aliphatic carboxylic acids is 1. The summed E-state index contributed by atoms with van der Waals surface area (Å²) in [6, 6.07) is 17.3. The zero-order valence-electron chi connectivity index (χ0n) is 25.7. The third kappa shape index (κ3) is 8.08. The van der Waals surface area contributed by atoms with E-state index in [1.807, 2.05) is 24.4 Å². The highest BCUT2D eigenvalue weighted by Gasteiger charge is 2.31. The number of rotatable bonds is 14. The summed E-state index contributed by atoms with van der Waals surface area (Å²) in [5.74, 6) is -1.30. The molecule has 244 valence electrons. The normalized spacial score (nSPS) is 16.0. The second-order valence-corrected chi connectivity index (χ2v) is 14.2. The highest BCUT2D eigenvalue weighted by molar-refractivity contribution is 7.89. The molecule has 2 atom stereocenters. The van der Waals surface area contributed by atoms with Gasteiger partial charge in [0.15, 0.2) is 0 Å². The lowest BCUT2D eigenvalue weighted by atomic mass is 10.0. The lowest BCUT2D eigenvalue weighted by Gasteiger charge is -2.24. The van der Waals surface area contributed by atoms with Crippen LogP contribution in [-0.4, -0.2) is 72.6 Å². The smallest absolute Gasteiger partial charge is 0.303 e. The molecule has 1 aliphatic heterocycles. The summed E-state index contributed by atoms with van der Waals surface area (Å²) < 4.78 is 49.2. The van der Waals surface area contributed by atoms with Crippen LogP contribution in [0.25, 0.3) is 21.8 Å². The average molecular weight is 669 g/mol. The maximum Gasteiger partial charge on any atom is 0.303 e. The van der Waals surface area contributed by atoms with Gasteiger partial charge in [-0.05, 0) is 85.6 Å². The third-order valence-corrected chi connectivity index (χ3v) is 10.7. The van der Waals surface area contributed by atoms with Crippen molar-refractivity contribution in [3.63, 3.8) is 0 Å². The molecule has 2 aromatic heterocycles. The van der Waals surface area contributed by atoms with E-state index in [-0.39, 0.29) is 49.3 Å². The Kier molecular flexibility index (Phi) is 10.7. The third-order valence-electron chi connectivity index (χ3n) is 8.26. The van der Waals surface area contributed by atoms with Gasteiger partial charge in [-0.1, -0.05) is 18.2 Å². The number of carbonyl (C=O) groups excluding carboxylic acids is 1. The van der Waals surface area contributed by atoms with Gasteiger partial charge in [0.25, 0.3) is 0 Å². The SMILES string of the molecule is COc1ccc(-c2c(CCNS(=O)(=O)CC3CCN(C(C)c4ccc(F)cc4)C3)c(-c3cccs3)nn2C(=O)CCC(=O)O)cc1. The number of sulfonamides is 1. The first-order chi connectivity index (χ1) is 22.0. The zero-order chi connectivity index (χ0) is 32.8. The number of ether oxygens (including phenoxy) is 1. The monoisotopic (exact) mass is 668 g/mol. The van der Waals surface area contributed by atoms with E-state index >= 15 is 0 Å². The van der Waals surface area contributed by atoms with Gasteiger partial charge in [0, 0.05) is 36.7 Å². The number of carboxylic acid groups (broad SMARTS) is 1. The minimum absolute atomic E-state index is 0.0182. The van der Waals surface area contributed by atoms with Crippen LogP contribution < -0.4 is 9.46 Å². The molecule has 0 spiro atoms. The van der Waals surface area contributed by atoms with Gasteiger partial charge in [0.2, 0.25) is 15.9 Å². The Morgan fingerprint density at radius 3 is 2.52 bits per heavy atom. The van der Waals surface area contributed by atoms with E-state index in [1.54, 1.807) is 43.5 Å². The van der Waals surface area contributed by atoms with Crippen LogP contribution >= 0.6 is 11.3 Å². The Hall–Kier alpha value is -3.91. The van der Waals surface area contributed by atoms with Gasteiger partial charge in [-0.25, -0.2) is 17.5 Å². The molecule has 4 aromatic rings. The molecule has 2 aromatic carbocycles. The van der Waals surface area contributed by atoms with Gasteiger partial charge in [0.05, 0.1) is 29.9 Å². The zero-order valence-corrected chi connectivity index (χ0v) is 27.3. The molecular formula is C33H37FN4O6S2. The van der Waals surface area contributed by atoms with Gasteiger partial charge in [-0.3, -0.25) is 14.5 Å². The largest absolute Gasteiger partial charge is 0.497 e. The second kappa shape index (κ2) is 14.7. The molecule has 5 rings (SSSR count). The molecule has 1 fully saturated rings. The predicted molar refractivity (Wildman–Crippen MR) is 175 cm³/mol. The number of methoxy groups -OCH3 is 1. The summed E-state index contributed by atoms with van der Waals surface area (Å²) in [6.07, 6.45) is 0.403. The molecule has 2 N–H and O–H groups in total. The van der Waals surface area contributed by atoms with Crippen LogP contribution in [0.4, 0.5) is 4.39 Å². The van der Waals surface area contributed by atoms with E-state index < -0.39 is 21.9 Å². The Bertz CT molecular complexity index is 1760. The maximum absolute atomic E-state index is 13.4. The predicted octanol–water partition coefficient (Wildman–Crippen LogP) is 5.48. The summed E-state index contributed by atoms with van der Waals surface area (Å²) in [5, 5.41) is 15.7. The van der Waals surface area contributed by atoms with Crippen molar-refractivity contribution in [1.29, 1.82) is 0 Å². The molecule has 0 aliphatic carbocycles. The topological polar surface area (TPSA) is 131 Å². The summed E-state index contributed by atoms with van der Waals surface area (Å²) >= 11 is 1.44. The van der Waals surface area contributed by atoms with Crippen molar-refractivity contribution in [2.45, 2.75) is 38.6 Å². The van der Waals surface area contributed by atoms with E-state index in [1.165, 1.54) is 28.2 Å². The van der Waals surface area contributed by atoms with Gasteiger partial charge in [0.1, 0.15) is 17.3 Å². The molecule has 13 heteroatoms. The van der Waals surface area contributed by atoms with Crippen molar-refractivity contribution in [2.75, 3.05) is 32.5 Å². The van der Waals surface area contributed by atoms with Gasteiger partial charge >= 0.3 is 5.97 Å². The second-order valence-electron chi connectivity index (χ2n) is 11.4. The summed E-state index contributed by atoms with van der Waals surface area (Å²) in [6.45, 7) is 3.50. The molecule has 10 nitrogen and oxygen atoms in total. The van der Waals surface area contributed by atoms with Crippen LogP contribution in [0.1, 0.15) is 48.1 Å². The fourth-order valence-corrected chi connectivity index (χ4v) is 8.01. The number of halogens is 1. The highest BCUT2D eigenvalue weighted by Crippen LogP contribution is 2.36. The Labute approximate surface area is 271 Å². The molecule has 3 heterocycles. The first-order valence-electron chi connectivity index (χ1n) is 15.1. The maximum atomic E-state index is 13.4. The molecule has 0 amide bonds. The van der Waals surface area contributed by atoms with Crippen molar-refractivity contribution in [3.8, 4) is 27.6 Å². The number of nitrogens with one attached hydrogen (secondary N) is 1. The number of hydrogen-bond donors (Lipinski definition) is 2. The molecule has 0 saturated carbocycles. The van der Waals surface area contributed by atoms with Crippen LogP contribution in [-0.2, 0) is 21.2 Å². The summed E-state index contributed by atoms with van der Waals surface area (Å²) in [5.41, 5.74) is 3.36. The number of hydrogen-bond acceptors (Lipinski definition) is 8. The standard InChI is InChI=1S/C33H37FN4O6S2/c1-22(24-5-9-26(34)10-6-24)37-18-16-23(20-37)21-46(42,43)35-17-15-28-32(29-4-3-19-45-29)36-38(30(39)13-14-31(40)41)33(28)25-7-11-27(44-2)12-8-25/h3-12,19,22-23,35H,13-18,20-21H2,1-2H3,(H,40,41).